The highest BCUT2D eigenvalue weighted by Gasteiger charge is 2.19. The van der Waals surface area contributed by atoms with Crippen molar-refractivity contribution >= 4 is 22.9 Å². The largest absolute Gasteiger partial charge is 0.379 e. The molecule has 28 heavy (non-hydrogen) atoms. The summed E-state index contributed by atoms with van der Waals surface area (Å²) in [5, 5.41) is 2.05. The molecular formula is C23H24N2O2S. The molecule has 1 amide bonds. The zero-order valence-corrected chi connectivity index (χ0v) is 16.6. The standard InChI is InChI=1S/C23H24N2O2S/c26-23(20-5-2-1-3-6-20)25(18-22-7-4-16-28-22)21-10-8-19(9-11-21)17-24-12-14-27-15-13-24/h1-11,16H,12-15,17-18H2. The zero-order chi connectivity index (χ0) is 19.2. The summed E-state index contributed by atoms with van der Waals surface area (Å²) in [6.45, 7) is 5.05. The van der Waals surface area contributed by atoms with E-state index in [1.165, 1.54) is 10.4 Å². The first-order valence-corrected chi connectivity index (χ1v) is 10.5. The first-order chi connectivity index (χ1) is 13.8. The van der Waals surface area contributed by atoms with Gasteiger partial charge in [0.1, 0.15) is 0 Å². The van der Waals surface area contributed by atoms with Crippen LogP contribution < -0.4 is 4.90 Å². The Labute approximate surface area is 170 Å². The van der Waals surface area contributed by atoms with Crippen LogP contribution in [0.15, 0.2) is 72.1 Å². The fraction of sp³-hybridized carbons (Fsp3) is 0.261. The van der Waals surface area contributed by atoms with Crippen LogP contribution in [0.3, 0.4) is 0 Å². The van der Waals surface area contributed by atoms with Crippen LogP contribution in [0.5, 0.6) is 0 Å². The second-order valence-electron chi connectivity index (χ2n) is 6.89. The van der Waals surface area contributed by atoms with Crippen LogP contribution in [0.2, 0.25) is 0 Å². The Bertz CT molecular complexity index is 873. The third-order valence-electron chi connectivity index (χ3n) is 4.92. The minimum absolute atomic E-state index is 0.0231. The van der Waals surface area contributed by atoms with Crippen LogP contribution in [0, 0.1) is 0 Å². The van der Waals surface area contributed by atoms with Crippen molar-refractivity contribution in [1.82, 2.24) is 4.90 Å². The smallest absolute Gasteiger partial charge is 0.258 e. The van der Waals surface area contributed by atoms with Gasteiger partial charge in [-0.25, -0.2) is 0 Å². The lowest BCUT2D eigenvalue weighted by atomic mass is 10.1. The maximum atomic E-state index is 13.2. The minimum atomic E-state index is 0.0231. The maximum Gasteiger partial charge on any atom is 0.258 e. The van der Waals surface area contributed by atoms with E-state index in [2.05, 4.69) is 35.2 Å². The Morgan fingerprint density at radius 1 is 0.964 bits per heavy atom. The Hall–Kier alpha value is -2.47. The van der Waals surface area contributed by atoms with E-state index in [1.54, 1.807) is 11.3 Å². The number of amides is 1. The number of rotatable bonds is 6. The van der Waals surface area contributed by atoms with E-state index >= 15 is 0 Å². The average molecular weight is 393 g/mol. The number of hydrogen-bond donors (Lipinski definition) is 0. The van der Waals surface area contributed by atoms with Crippen molar-refractivity contribution in [1.29, 1.82) is 0 Å². The predicted octanol–water partition coefficient (Wildman–Crippen LogP) is 4.43. The second-order valence-corrected chi connectivity index (χ2v) is 7.92. The number of benzene rings is 2. The van der Waals surface area contributed by atoms with Crippen LogP contribution >= 0.6 is 11.3 Å². The Morgan fingerprint density at radius 3 is 2.39 bits per heavy atom. The van der Waals surface area contributed by atoms with E-state index < -0.39 is 0 Å². The molecule has 0 aliphatic carbocycles. The van der Waals surface area contributed by atoms with Crippen molar-refractivity contribution in [2.24, 2.45) is 0 Å². The number of carbonyl (C=O) groups excluding carboxylic acids is 1. The summed E-state index contributed by atoms with van der Waals surface area (Å²) in [4.78, 5) is 18.6. The Kier molecular flexibility index (Phi) is 6.17. The number of ether oxygens (including phenoxy) is 1. The van der Waals surface area contributed by atoms with Crippen LogP contribution in [0.25, 0.3) is 0 Å². The Balaban J connectivity index is 1.54. The number of hydrogen-bond acceptors (Lipinski definition) is 4. The van der Waals surface area contributed by atoms with Crippen molar-refractivity contribution in [3.63, 3.8) is 0 Å². The molecule has 0 N–H and O–H groups in total. The predicted molar refractivity (Wildman–Crippen MR) is 114 cm³/mol. The van der Waals surface area contributed by atoms with E-state index in [4.69, 9.17) is 4.74 Å². The molecule has 0 saturated carbocycles. The SMILES string of the molecule is O=C(c1ccccc1)N(Cc1cccs1)c1ccc(CN2CCOCC2)cc1. The number of morpholine rings is 1. The normalized spacial score (nSPS) is 14.7. The van der Waals surface area contributed by atoms with Gasteiger partial charge in [-0.2, -0.15) is 0 Å². The molecule has 0 spiro atoms. The minimum Gasteiger partial charge on any atom is -0.379 e. The highest BCUT2D eigenvalue weighted by molar-refractivity contribution is 7.09. The van der Waals surface area contributed by atoms with Crippen LogP contribution in [0.4, 0.5) is 5.69 Å². The van der Waals surface area contributed by atoms with Crippen molar-refractivity contribution in [2.45, 2.75) is 13.1 Å². The molecule has 2 heterocycles. The molecule has 2 aromatic carbocycles. The van der Waals surface area contributed by atoms with E-state index in [0.717, 1.165) is 38.5 Å². The Morgan fingerprint density at radius 2 is 1.71 bits per heavy atom. The van der Waals surface area contributed by atoms with Crippen LogP contribution in [-0.2, 0) is 17.8 Å². The lowest BCUT2D eigenvalue weighted by molar-refractivity contribution is 0.0342. The molecule has 0 radical (unpaired) electrons. The van der Waals surface area contributed by atoms with E-state index in [9.17, 15) is 4.79 Å². The number of anilines is 1. The van der Waals surface area contributed by atoms with E-state index in [-0.39, 0.29) is 5.91 Å². The number of nitrogens with zero attached hydrogens (tertiary/aromatic N) is 2. The van der Waals surface area contributed by atoms with Gasteiger partial charge < -0.3 is 9.64 Å². The van der Waals surface area contributed by atoms with Gasteiger partial charge in [0, 0.05) is 35.8 Å². The second kappa shape index (κ2) is 9.15. The van der Waals surface area contributed by atoms with Gasteiger partial charge in [0.25, 0.3) is 5.91 Å². The first kappa shape index (κ1) is 18.9. The van der Waals surface area contributed by atoms with Gasteiger partial charge in [-0.15, -0.1) is 11.3 Å². The third-order valence-corrected chi connectivity index (χ3v) is 5.78. The molecule has 0 bridgehead atoms. The lowest BCUT2D eigenvalue weighted by Gasteiger charge is -2.27. The number of thiophene rings is 1. The summed E-state index contributed by atoms with van der Waals surface area (Å²) < 4.78 is 5.42. The molecule has 0 atom stereocenters. The monoisotopic (exact) mass is 392 g/mol. The van der Waals surface area contributed by atoms with Crippen LogP contribution in [0.1, 0.15) is 20.8 Å². The molecule has 1 aromatic heterocycles. The highest BCUT2D eigenvalue weighted by Crippen LogP contribution is 2.23. The molecule has 5 heteroatoms. The molecule has 4 rings (SSSR count). The molecule has 4 nitrogen and oxygen atoms in total. The van der Waals surface area contributed by atoms with Gasteiger partial charge >= 0.3 is 0 Å². The van der Waals surface area contributed by atoms with E-state index in [1.807, 2.05) is 46.7 Å². The summed E-state index contributed by atoms with van der Waals surface area (Å²) in [6.07, 6.45) is 0. The van der Waals surface area contributed by atoms with E-state index in [0.29, 0.717) is 12.1 Å². The van der Waals surface area contributed by atoms with Gasteiger partial charge in [0.05, 0.1) is 19.8 Å². The fourth-order valence-electron chi connectivity index (χ4n) is 3.37. The van der Waals surface area contributed by atoms with Gasteiger partial charge in [-0.1, -0.05) is 36.4 Å². The van der Waals surface area contributed by atoms with Crippen LogP contribution in [-0.4, -0.2) is 37.1 Å². The molecule has 144 valence electrons. The molecular weight excluding hydrogens is 368 g/mol. The van der Waals surface area contributed by atoms with Crippen molar-refractivity contribution in [2.75, 3.05) is 31.2 Å². The fourth-order valence-corrected chi connectivity index (χ4v) is 4.07. The van der Waals surface area contributed by atoms with Gasteiger partial charge in [-0.05, 0) is 41.3 Å². The summed E-state index contributed by atoms with van der Waals surface area (Å²) in [5.74, 6) is 0.0231. The van der Waals surface area contributed by atoms with Gasteiger partial charge in [0.15, 0.2) is 0 Å². The van der Waals surface area contributed by atoms with Crippen molar-refractivity contribution in [3.8, 4) is 0 Å². The number of carbonyl (C=O) groups is 1. The molecule has 1 fully saturated rings. The quantitative estimate of drug-likeness (QED) is 0.622. The summed E-state index contributed by atoms with van der Waals surface area (Å²) in [6, 6.07) is 22.0. The summed E-state index contributed by atoms with van der Waals surface area (Å²) in [5.41, 5.74) is 2.89. The topological polar surface area (TPSA) is 32.8 Å². The lowest BCUT2D eigenvalue weighted by Crippen LogP contribution is -2.35. The molecule has 1 aliphatic rings. The highest BCUT2D eigenvalue weighted by atomic mass is 32.1. The first-order valence-electron chi connectivity index (χ1n) is 9.58. The van der Waals surface area contributed by atoms with Gasteiger partial charge in [0.2, 0.25) is 0 Å². The molecule has 1 saturated heterocycles. The molecule has 0 unspecified atom stereocenters. The van der Waals surface area contributed by atoms with Crippen molar-refractivity contribution in [3.05, 3.63) is 88.1 Å². The van der Waals surface area contributed by atoms with Crippen molar-refractivity contribution < 1.29 is 9.53 Å². The zero-order valence-electron chi connectivity index (χ0n) is 15.8. The third kappa shape index (κ3) is 4.68. The maximum absolute atomic E-state index is 13.2. The average Bonchev–Trinajstić information content (AvgIpc) is 3.27. The molecule has 1 aliphatic heterocycles. The summed E-state index contributed by atoms with van der Waals surface area (Å²) >= 11 is 1.67. The molecule has 3 aromatic rings. The summed E-state index contributed by atoms with van der Waals surface area (Å²) in [7, 11) is 0. The van der Waals surface area contributed by atoms with Gasteiger partial charge in [-0.3, -0.25) is 9.69 Å².